The standard InChI is InChI=1S/C24H27ClF3N3O3/c1-33-22-14-18(6-9-29-22)30-11-7-16(8-12-30)23(32)31-10-2-3-19(15-31)34-21-5-4-17(25)13-20(21)24(26,27)28/h4-6,9,13-14,16,19H,2-3,7-8,10-12,15H2,1H3/t19-/m1/s1. The van der Waals surface area contributed by atoms with Crippen molar-refractivity contribution in [1.29, 1.82) is 0 Å². The Kier molecular flexibility index (Phi) is 7.40. The normalized spacial score (nSPS) is 19.7. The first-order chi connectivity index (χ1) is 16.2. The highest BCUT2D eigenvalue weighted by atomic mass is 35.5. The quantitative estimate of drug-likeness (QED) is 0.578. The number of ether oxygens (including phenoxy) is 2. The lowest BCUT2D eigenvalue weighted by atomic mass is 9.93. The zero-order valence-electron chi connectivity index (χ0n) is 18.9. The first-order valence-corrected chi connectivity index (χ1v) is 11.7. The number of methoxy groups -OCH3 is 1. The summed E-state index contributed by atoms with van der Waals surface area (Å²) >= 11 is 5.76. The molecule has 4 rings (SSSR count). The van der Waals surface area contributed by atoms with Gasteiger partial charge in [0.1, 0.15) is 11.9 Å². The molecule has 6 nitrogen and oxygen atoms in total. The predicted octanol–water partition coefficient (Wildman–Crippen LogP) is 5.05. The molecule has 34 heavy (non-hydrogen) atoms. The van der Waals surface area contributed by atoms with Gasteiger partial charge in [0.05, 0.1) is 19.2 Å². The first-order valence-electron chi connectivity index (χ1n) is 11.3. The van der Waals surface area contributed by atoms with E-state index in [0.29, 0.717) is 38.1 Å². The first kappa shape index (κ1) is 24.4. The van der Waals surface area contributed by atoms with Crippen LogP contribution in [0.1, 0.15) is 31.2 Å². The third-order valence-corrected chi connectivity index (χ3v) is 6.60. The van der Waals surface area contributed by atoms with Gasteiger partial charge in [0, 0.05) is 48.5 Å². The Morgan fingerprint density at radius 2 is 1.88 bits per heavy atom. The van der Waals surface area contributed by atoms with Gasteiger partial charge >= 0.3 is 6.18 Å². The van der Waals surface area contributed by atoms with Crippen molar-refractivity contribution in [2.75, 3.05) is 38.2 Å². The van der Waals surface area contributed by atoms with E-state index in [1.54, 1.807) is 18.2 Å². The van der Waals surface area contributed by atoms with E-state index in [0.717, 1.165) is 24.8 Å². The van der Waals surface area contributed by atoms with Crippen molar-refractivity contribution in [3.8, 4) is 11.6 Å². The molecule has 184 valence electrons. The number of hydrogen-bond donors (Lipinski definition) is 0. The number of nitrogens with zero attached hydrogens (tertiary/aromatic N) is 3. The van der Waals surface area contributed by atoms with Gasteiger partial charge in [0.15, 0.2) is 0 Å². The summed E-state index contributed by atoms with van der Waals surface area (Å²) in [5.41, 5.74) is 0.108. The van der Waals surface area contributed by atoms with Crippen molar-refractivity contribution in [3.05, 3.63) is 47.1 Å². The van der Waals surface area contributed by atoms with Crippen LogP contribution in [0.4, 0.5) is 18.9 Å². The minimum Gasteiger partial charge on any atom is -0.488 e. The van der Waals surface area contributed by atoms with Gasteiger partial charge in [-0.15, -0.1) is 0 Å². The molecule has 3 heterocycles. The van der Waals surface area contributed by atoms with E-state index in [4.69, 9.17) is 21.1 Å². The summed E-state index contributed by atoms with van der Waals surface area (Å²) in [5, 5.41) is -0.00308. The molecule has 1 aromatic heterocycles. The van der Waals surface area contributed by atoms with Crippen LogP contribution in [0.15, 0.2) is 36.5 Å². The minimum absolute atomic E-state index is 0.00308. The second kappa shape index (κ2) is 10.3. The van der Waals surface area contributed by atoms with Gasteiger partial charge in [-0.05, 0) is 49.9 Å². The summed E-state index contributed by atoms with van der Waals surface area (Å²) in [6.07, 6.45) is -0.680. The van der Waals surface area contributed by atoms with Crippen molar-refractivity contribution >= 4 is 23.2 Å². The number of carbonyl (C=O) groups excluding carboxylic acids is 1. The monoisotopic (exact) mass is 497 g/mol. The molecule has 2 fully saturated rings. The maximum absolute atomic E-state index is 13.4. The number of likely N-dealkylation sites (tertiary alicyclic amines) is 1. The maximum Gasteiger partial charge on any atom is 0.420 e. The Labute approximate surface area is 201 Å². The van der Waals surface area contributed by atoms with E-state index in [1.807, 2.05) is 12.1 Å². The Bertz CT molecular complexity index is 1010. The third kappa shape index (κ3) is 5.68. The molecule has 0 bridgehead atoms. The van der Waals surface area contributed by atoms with Crippen molar-refractivity contribution < 1.29 is 27.4 Å². The fourth-order valence-electron chi connectivity index (χ4n) is 4.59. The second-order valence-corrected chi connectivity index (χ2v) is 9.06. The number of pyridine rings is 1. The molecule has 0 radical (unpaired) electrons. The number of anilines is 1. The average molecular weight is 498 g/mol. The smallest absolute Gasteiger partial charge is 0.420 e. The molecule has 2 saturated heterocycles. The predicted molar refractivity (Wildman–Crippen MR) is 122 cm³/mol. The summed E-state index contributed by atoms with van der Waals surface area (Å²) in [7, 11) is 1.57. The lowest BCUT2D eigenvalue weighted by Gasteiger charge is -2.38. The van der Waals surface area contributed by atoms with E-state index in [9.17, 15) is 18.0 Å². The second-order valence-electron chi connectivity index (χ2n) is 8.62. The molecule has 0 saturated carbocycles. The van der Waals surface area contributed by atoms with E-state index in [1.165, 1.54) is 12.1 Å². The summed E-state index contributed by atoms with van der Waals surface area (Å²) in [6.45, 7) is 2.34. The van der Waals surface area contributed by atoms with Crippen LogP contribution in [0, 0.1) is 5.92 Å². The number of piperidine rings is 2. The van der Waals surface area contributed by atoms with Gasteiger partial charge < -0.3 is 19.3 Å². The van der Waals surface area contributed by atoms with Gasteiger partial charge in [-0.2, -0.15) is 13.2 Å². The molecule has 1 atom stereocenters. The fourth-order valence-corrected chi connectivity index (χ4v) is 4.76. The van der Waals surface area contributed by atoms with Gasteiger partial charge in [-0.3, -0.25) is 4.79 Å². The highest BCUT2D eigenvalue weighted by Gasteiger charge is 2.37. The molecule has 0 spiro atoms. The Balaban J connectivity index is 1.35. The topological polar surface area (TPSA) is 54.9 Å². The van der Waals surface area contributed by atoms with Crippen molar-refractivity contribution in [1.82, 2.24) is 9.88 Å². The van der Waals surface area contributed by atoms with E-state index >= 15 is 0 Å². The number of alkyl halides is 3. The number of rotatable bonds is 5. The molecular weight excluding hydrogens is 471 g/mol. The van der Waals surface area contributed by atoms with Crippen LogP contribution in [0.5, 0.6) is 11.6 Å². The number of benzene rings is 1. The molecule has 2 aromatic rings. The van der Waals surface area contributed by atoms with E-state index in [-0.39, 0.29) is 29.1 Å². The van der Waals surface area contributed by atoms with Gasteiger partial charge in [0.25, 0.3) is 0 Å². The minimum atomic E-state index is -4.57. The maximum atomic E-state index is 13.4. The SMILES string of the molecule is COc1cc(N2CCC(C(=O)N3CCC[C@@H](Oc4ccc(Cl)cc4C(F)(F)F)C3)CC2)ccn1. The van der Waals surface area contributed by atoms with Gasteiger partial charge in [-0.1, -0.05) is 11.6 Å². The van der Waals surface area contributed by atoms with Crippen LogP contribution in [0.25, 0.3) is 0 Å². The van der Waals surface area contributed by atoms with E-state index < -0.39 is 17.8 Å². The lowest BCUT2D eigenvalue weighted by molar-refractivity contribution is -0.142. The Morgan fingerprint density at radius 1 is 1.12 bits per heavy atom. The molecular formula is C24H27ClF3N3O3. The molecule has 10 heteroatoms. The number of aromatic nitrogens is 1. The highest BCUT2D eigenvalue weighted by Crippen LogP contribution is 2.38. The van der Waals surface area contributed by atoms with Crippen molar-refractivity contribution in [3.63, 3.8) is 0 Å². The summed E-state index contributed by atoms with van der Waals surface area (Å²) in [6, 6.07) is 7.29. The summed E-state index contributed by atoms with van der Waals surface area (Å²) in [5.74, 6) is 0.231. The molecule has 2 aliphatic rings. The number of amides is 1. The van der Waals surface area contributed by atoms with E-state index in [2.05, 4.69) is 9.88 Å². The molecule has 0 N–H and O–H groups in total. The lowest BCUT2D eigenvalue weighted by Crippen LogP contribution is -2.48. The van der Waals surface area contributed by atoms with Crippen LogP contribution in [-0.4, -0.2) is 55.2 Å². The van der Waals surface area contributed by atoms with Crippen LogP contribution in [0.3, 0.4) is 0 Å². The van der Waals surface area contributed by atoms with Crippen LogP contribution >= 0.6 is 11.6 Å². The zero-order valence-corrected chi connectivity index (χ0v) is 19.6. The van der Waals surface area contributed by atoms with Crippen LogP contribution in [0.2, 0.25) is 5.02 Å². The largest absolute Gasteiger partial charge is 0.488 e. The Morgan fingerprint density at radius 3 is 2.59 bits per heavy atom. The average Bonchev–Trinajstić information content (AvgIpc) is 2.84. The third-order valence-electron chi connectivity index (χ3n) is 6.37. The summed E-state index contributed by atoms with van der Waals surface area (Å²) in [4.78, 5) is 21.3. The fraction of sp³-hybridized carbons (Fsp3) is 0.500. The number of halogens is 4. The number of carbonyl (C=O) groups is 1. The Hall–Kier alpha value is -2.68. The zero-order chi connectivity index (χ0) is 24.3. The molecule has 2 aliphatic heterocycles. The number of hydrogen-bond acceptors (Lipinski definition) is 5. The molecule has 1 aromatic carbocycles. The molecule has 1 amide bonds. The van der Waals surface area contributed by atoms with Crippen molar-refractivity contribution in [2.45, 2.75) is 38.0 Å². The van der Waals surface area contributed by atoms with Gasteiger partial charge in [-0.25, -0.2) is 4.98 Å². The molecule has 0 aliphatic carbocycles. The van der Waals surface area contributed by atoms with Crippen LogP contribution in [-0.2, 0) is 11.0 Å². The van der Waals surface area contributed by atoms with Gasteiger partial charge in [0.2, 0.25) is 11.8 Å². The van der Waals surface area contributed by atoms with Crippen molar-refractivity contribution in [2.24, 2.45) is 5.92 Å². The summed E-state index contributed by atoms with van der Waals surface area (Å²) < 4.78 is 51.2. The highest BCUT2D eigenvalue weighted by molar-refractivity contribution is 6.30. The molecule has 0 unspecified atom stereocenters. The van der Waals surface area contributed by atoms with Crippen LogP contribution < -0.4 is 14.4 Å².